The van der Waals surface area contributed by atoms with Crippen LogP contribution in [-0.2, 0) is 19.4 Å². The highest BCUT2D eigenvalue weighted by molar-refractivity contribution is 5.34. The second-order valence-electron chi connectivity index (χ2n) is 5.26. The molecule has 1 aromatic heterocycles. The third-order valence-corrected chi connectivity index (χ3v) is 3.93. The molecule has 2 aromatic rings. The van der Waals surface area contributed by atoms with Gasteiger partial charge in [-0.25, -0.2) is 9.37 Å². The van der Waals surface area contributed by atoms with Crippen molar-refractivity contribution in [3.8, 4) is 6.07 Å². The molecule has 0 bridgehead atoms. The SMILES string of the molecule is Cc1nc2c(n1Cc1cc(C#N)ccc1F)CCCC2. The Morgan fingerprint density at radius 3 is 2.95 bits per heavy atom. The van der Waals surface area contributed by atoms with Gasteiger partial charge in [-0.05, 0) is 50.8 Å². The number of rotatable bonds is 2. The van der Waals surface area contributed by atoms with Crippen LogP contribution in [0.4, 0.5) is 4.39 Å². The lowest BCUT2D eigenvalue weighted by Crippen LogP contribution is -2.11. The first-order chi connectivity index (χ1) is 9.69. The molecule has 1 aliphatic rings. The number of halogens is 1. The van der Waals surface area contributed by atoms with Crippen molar-refractivity contribution in [1.29, 1.82) is 5.26 Å². The van der Waals surface area contributed by atoms with Crippen LogP contribution in [0.5, 0.6) is 0 Å². The van der Waals surface area contributed by atoms with Gasteiger partial charge in [-0.2, -0.15) is 5.26 Å². The van der Waals surface area contributed by atoms with Crippen LogP contribution in [-0.4, -0.2) is 9.55 Å². The number of hydrogen-bond acceptors (Lipinski definition) is 2. The first-order valence-electron chi connectivity index (χ1n) is 6.92. The molecule has 0 saturated carbocycles. The summed E-state index contributed by atoms with van der Waals surface area (Å²) in [5, 5.41) is 8.93. The monoisotopic (exact) mass is 269 g/mol. The third kappa shape index (κ3) is 2.20. The van der Waals surface area contributed by atoms with Gasteiger partial charge < -0.3 is 4.57 Å². The highest BCUT2D eigenvalue weighted by atomic mass is 19.1. The van der Waals surface area contributed by atoms with Crippen LogP contribution in [0.2, 0.25) is 0 Å². The number of aryl methyl sites for hydroxylation is 2. The Bertz CT molecular complexity index is 694. The maximum atomic E-state index is 13.9. The Morgan fingerprint density at radius 2 is 2.15 bits per heavy atom. The molecule has 0 atom stereocenters. The van der Waals surface area contributed by atoms with Crippen molar-refractivity contribution in [2.24, 2.45) is 0 Å². The van der Waals surface area contributed by atoms with E-state index >= 15 is 0 Å². The smallest absolute Gasteiger partial charge is 0.128 e. The van der Waals surface area contributed by atoms with Crippen molar-refractivity contribution in [1.82, 2.24) is 9.55 Å². The summed E-state index contributed by atoms with van der Waals surface area (Å²) in [7, 11) is 0. The molecule has 1 heterocycles. The minimum Gasteiger partial charge on any atom is -0.327 e. The molecular weight excluding hydrogens is 253 g/mol. The molecule has 3 rings (SSSR count). The normalized spacial score (nSPS) is 13.8. The van der Waals surface area contributed by atoms with Gasteiger partial charge in [0.15, 0.2) is 0 Å². The number of nitriles is 1. The van der Waals surface area contributed by atoms with Gasteiger partial charge in [0.05, 0.1) is 23.9 Å². The molecule has 0 saturated heterocycles. The van der Waals surface area contributed by atoms with Crippen LogP contribution in [0.3, 0.4) is 0 Å². The molecule has 3 nitrogen and oxygen atoms in total. The van der Waals surface area contributed by atoms with Crippen molar-refractivity contribution >= 4 is 0 Å². The molecule has 0 radical (unpaired) electrons. The highest BCUT2D eigenvalue weighted by Gasteiger charge is 2.18. The number of imidazole rings is 1. The fourth-order valence-electron chi connectivity index (χ4n) is 2.88. The van der Waals surface area contributed by atoms with Gasteiger partial charge in [0.2, 0.25) is 0 Å². The van der Waals surface area contributed by atoms with Crippen LogP contribution in [0.25, 0.3) is 0 Å². The fourth-order valence-corrected chi connectivity index (χ4v) is 2.88. The molecule has 0 aliphatic heterocycles. The zero-order valence-corrected chi connectivity index (χ0v) is 11.5. The van der Waals surface area contributed by atoms with Crippen molar-refractivity contribution in [2.45, 2.75) is 39.2 Å². The molecule has 102 valence electrons. The van der Waals surface area contributed by atoms with Crippen LogP contribution in [0.15, 0.2) is 18.2 Å². The van der Waals surface area contributed by atoms with E-state index in [1.165, 1.54) is 30.7 Å². The molecule has 0 unspecified atom stereocenters. The first-order valence-corrected chi connectivity index (χ1v) is 6.92. The maximum Gasteiger partial charge on any atom is 0.128 e. The third-order valence-electron chi connectivity index (χ3n) is 3.93. The van der Waals surface area contributed by atoms with Gasteiger partial charge in [-0.1, -0.05) is 0 Å². The van der Waals surface area contributed by atoms with E-state index in [4.69, 9.17) is 5.26 Å². The molecule has 0 N–H and O–H groups in total. The number of fused-ring (bicyclic) bond motifs is 1. The zero-order chi connectivity index (χ0) is 14.1. The number of aromatic nitrogens is 2. The summed E-state index contributed by atoms with van der Waals surface area (Å²) in [5.41, 5.74) is 3.44. The lowest BCUT2D eigenvalue weighted by atomic mass is 10.0. The van der Waals surface area contributed by atoms with Gasteiger partial charge >= 0.3 is 0 Å². The van der Waals surface area contributed by atoms with Crippen LogP contribution >= 0.6 is 0 Å². The first kappa shape index (κ1) is 12.9. The predicted molar refractivity (Wildman–Crippen MR) is 73.8 cm³/mol. The lowest BCUT2D eigenvalue weighted by Gasteiger charge is -2.15. The largest absolute Gasteiger partial charge is 0.327 e. The second kappa shape index (κ2) is 5.09. The Balaban J connectivity index is 2.00. The van der Waals surface area contributed by atoms with Gasteiger partial charge in [0, 0.05) is 11.3 Å². The lowest BCUT2D eigenvalue weighted by molar-refractivity contribution is 0.581. The maximum absolute atomic E-state index is 13.9. The van der Waals surface area contributed by atoms with E-state index in [1.807, 2.05) is 6.92 Å². The average Bonchev–Trinajstić information content (AvgIpc) is 2.77. The molecular formula is C16H16FN3. The van der Waals surface area contributed by atoms with Crippen molar-refractivity contribution in [3.05, 3.63) is 52.4 Å². The topological polar surface area (TPSA) is 41.6 Å². The van der Waals surface area contributed by atoms with E-state index < -0.39 is 0 Å². The second-order valence-corrected chi connectivity index (χ2v) is 5.26. The molecule has 0 fully saturated rings. The minimum atomic E-state index is -0.262. The quantitative estimate of drug-likeness (QED) is 0.840. The van der Waals surface area contributed by atoms with Crippen molar-refractivity contribution in [2.75, 3.05) is 0 Å². The summed E-state index contributed by atoms with van der Waals surface area (Å²) >= 11 is 0. The van der Waals surface area contributed by atoms with Crippen molar-refractivity contribution < 1.29 is 4.39 Å². The minimum absolute atomic E-state index is 0.262. The molecule has 0 spiro atoms. The van der Waals surface area contributed by atoms with Gasteiger partial charge in [-0.15, -0.1) is 0 Å². The molecule has 4 heteroatoms. The van der Waals surface area contributed by atoms with Gasteiger partial charge in [0.25, 0.3) is 0 Å². The Kier molecular flexibility index (Phi) is 3.27. The summed E-state index contributed by atoms with van der Waals surface area (Å²) in [6, 6.07) is 6.57. The summed E-state index contributed by atoms with van der Waals surface area (Å²) in [6.07, 6.45) is 4.38. The van der Waals surface area contributed by atoms with E-state index in [0.29, 0.717) is 17.7 Å². The summed E-state index contributed by atoms with van der Waals surface area (Å²) < 4.78 is 16.0. The summed E-state index contributed by atoms with van der Waals surface area (Å²) in [6.45, 7) is 2.42. The molecule has 1 aliphatic carbocycles. The Morgan fingerprint density at radius 1 is 1.35 bits per heavy atom. The number of benzene rings is 1. The number of nitrogens with zero attached hydrogens (tertiary/aromatic N) is 3. The zero-order valence-electron chi connectivity index (χ0n) is 11.5. The number of hydrogen-bond donors (Lipinski definition) is 0. The summed E-state index contributed by atoms with van der Waals surface area (Å²) in [5.74, 6) is 0.667. The van der Waals surface area contributed by atoms with Gasteiger partial charge in [-0.3, -0.25) is 0 Å². The Labute approximate surface area is 117 Å². The van der Waals surface area contributed by atoms with E-state index in [-0.39, 0.29) is 5.82 Å². The fraction of sp³-hybridized carbons (Fsp3) is 0.375. The standard InChI is InChI=1S/C16H16FN3/c1-11-19-15-4-2-3-5-16(15)20(11)10-13-8-12(9-18)6-7-14(13)17/h6-8H,2-5,10H2,1H3. The van der Waals surface area contributed by atoms with E-state index in [0.717, 1.165) is 24.4 Å². The molecule has 0 amide bonds. The van der Waals surface area contributed by atoms with Crippen LogP contribution in [0.1, 0.15) is 41.2 Å². The van der Waals surface area contributed by atoms with E-state index in [2.05, 4.69) is 15.6 Å². The summed E-state index contributed by atoms with van der Waals surface area (Å²) in [4.78, 5) is 4.60. The molecule has 20 heavy (non-hydrogen) atoms. The van der Waals surface area contributed by atoms with Gasteiger partial charge in [0.1, 0.15) is 11.6 Å². The van der Waals surface area contributed by atoms with E-state index in [9.17, 15) is 4.39 Å². The van der Waals surface area contributed by atoms with Crippen LogP contribution in [0, 0.1) is 24.1 Å². The molecule has 1 aromatic carbocycles. The average molecular weight is 269 g/mol. The van der Waals surface area contributed by atoms with Crippen LogP contribution < -0.4 is 0 Å². The highest BCUT2D eigenvalue weighted by Crippen LogP contribution is 2.23. The van der Waals surface area contributed by atoms with Crippen molar-refractivity contribution in [3.63, 3.8) is 0 Å². The predicted octanol–water partition coefficient (Wildman–Crippen LogP) is 3.13. The van der Waals surface area contributed by atoms with E-state index in [1.54, 1.807) is 6.07 Å². The Hall–Kier alpha value is -2.15.